The molecule has 2 aromatic carbocycles. The maximum Gasteiger partial charge on any atom is 0.417 e. The van der Waals surface area contributed by atoms with Crippen molar-refractivity contribution in [1.29, 1.82) is 0 Å². The number of halogens is 5. The fourth-order valence-corrected chi connectivity index (χ4v) is 5.76. The van der Waals surface area contributed by atoms with Gasteiger partial charge in [-0.25, -0.2) is 17.8 Å². The molecule has 7 nitrogen and oxygen atoms in total. The molecular formula is C25H21ClF4N2O5S. The van der Waals surface area contributed by atoms with E-state index in [4.69, 9.17) is 26.2 Å². The lowest BCUT2D eigenvalue weighted by Crippen LogP contribution is -2.38. The number of fused-ring (bicyclic) bond motifs is 1. The average molecular weight is 573 g/mol. The summed E-state index contributed by atoms with van der Waals surface area (Å²) in [5.41, 5.74) is -0.127. The van der Waals surface area contributed by atoms with Crippen LogP contribution in [-0.2, 0) is 16.2 Å². The van der Waals surface area contributed by atoms with Crippen LogP contribution in [0.5, 0.6) is 11.6 Å². The molecule has 13 heteroatoms. The summed E-state index contributed by atoms with van der Waals surface area (Å²) in [6.45, 7) is 0.464. The minimum atomic E-state index is -4.86. The zero-order chi connectivity index (χ0) is 27.7. The molecule has 1 aromatic heterocycles. The monoisotopic (exact) mass is 572 g/mol. The van der Waals surface area contributed by atoms with Gasteiger partial charge >= 0.3 is 6.18 Å². The number of hydrogen-bond acceptors (Lipinski definition) is 6. The van der Waals surface area contributed by atoms with E-state index in [1.54, 1.807) is 19.1 Å². The third-order valence-electron chi connectivity index (χ3n) is 5.59. The zero-order valence-corrected chi connectivity index (χ0v) is 21.4. The molecule has 0 saturated carbocycles. The Morgan fingerprint density at radius 3 is 2.71 bits per heavy atom. The number of aromatic nitrogens is 1. The number of aliphatic hydroxyl groups is 1. The topological polar surface area (TPSA) is 89.0 Å². The molecule has 0 saturated heterocycles. The highest BCUT2D eigenvalue weighted by atomic mass is 35.5. The van der Waals surface area contributed by atoms with Crippen molar-refractivity contribution in [2.45, 2.75) is 18.0 Å². The number of pyridine rings is 1. The zero-order valence-electron chi connectivity index (χ0n) is 19.8. The van der Waals surface area contributed by atoms with Gasteiger partial charge in [0.2, 0.25) is 5.88 Å². The predicted molar refractivity (Wildman–Crippen MR) is 133 cm³/mol. The van der Waals surface area contributed by atoms with Gasteiger partial charge in [0.05, 0.1) is 29.4 Å². The first-order valence-corrected chi connectivity index (χ1v) is 13.0. The smallest absolute Gasteiger partial charge is 0.417 e. The molecule has 0 fully saturated rings. The van der Waals surface area contributed by atoms with Crippen LogP contribution in [0.15, 0.2) is 53.6 Å². The number of alkyl halides is 3. The van der Waals surface area contributed by atoms with Crippen molar-refractivity contribution in [1.82, 2.24) is 4.98 Å². The number of rotatable bonds is 7. The second-order valence-electron chi connectivity index (χ2n) is 8.17. The second-order valence-corrected chi connectivity index (χ2v) is 10.4. The van der Waals surface area contributed by atoms with Gasteiger partial charge in [-0.05, 0) is 48.4 Å². The molecule has 1 N–H and O–H groups in total. The second kappa shape index (κ2) is 10.8. The molecule has 0 atom stereocenters. The third-order valence-corrected chi connectivity index (χ3v) is 7.71. The number of aliphatic hydroxyl groups excluding tert-OH is 1. The fraction of sp³-hybridized carbons (Fsp3) is 0.240. The van der Waals surface area contributed by atoms with Crippen molar-refractivity contribution in [3.63, 3.8) is 0 Å². The van der Waals surface area contributed by atoms with Gasteiger partial charge in [-0.1, -0.05) is 29.8 Å². The Morgan fingerprint density at radius 2 is 2.03 bits per heavy atom. The Balaban J connectivity index is 1.80. The average Bonchev–Trinajstić information content (AvgIpc) is 2.86. The Kier molecular flexibility index (Phi) is 7.86. The van der Waals surface area contributed by atoms with E-state index in [9.17, 15) is 26.0 Å². The molecule has 1 aliphatic heterocycles. The number of allylic oxidation sites excluding steroid dienone is 1. The van der Waals surface area contributed by atoms with E-state index in [1.807, 2.05) is 0 Å². The Morgan fingerprint density at radius 1 is 1.26 bits per heavy atom. The van der Waals surface area contributed by atoms with Crippen molar-refractivity contribution in [3.8, 4) is 11.6 Å². The Hall–Kier alpha value is -3.35. The number of anilines is 1. The molecular weight excluding hydrogens is 552 g/mol. The molecule has 4 rings (SSSR count). The summed E-state index contributed by atoms with van der Waals surface area (Å²) in [4.78, 5) is 2.74. The van der Waals surface area contributed by atoms with Gasteiger partial charge in [-0.3, -0.25) is 4.31 Å². The van der Waals surface area contributed by atoms with Crippen LogP contribution in [0.3, 0.4) is 0 Å². The fourth-order valence-electron chi connectivity index (χ4n) is 3.89. The van der Waals surface area contributed by atoms with Gasteiger partial charge in [0.15, 0.2) is 4.90 Å². The highest BCUT2D eigenvalue weighted by Crippen LogP contribution is 2.40. The maximum atomic E-state index is 14.4. The predicted octanol–water partition coefficient (Wildman–Crippen LogP) is 5.41. The van der Waals surface area contributed by atoms with Gasteiger partial charge < -0.3 is 14.6 Å². The molecule has 202 valence electrons. The van der Waals surface area contributed by atoms with E-state index in [-0.39, 0.29) is 41.8 Å². The van der Waals surface area contributed by atoms with Gasteiger partial charge in [0, 0.05) is 11.8 Å². The molecule has 0 bridgehead atoms. The largest absolute Gasteiger partial charge is 0.489 e. The van der Waals surface area contributed by atoms with Crippen LogP contribution in [0, 0.1) is 5.82 Å². The van der Waals surface area contributed by atoms with E-state index >= 15 is 0 Å². The molecule has 0 amide bonds. The highest BCUT2D eigenvalue weighted by molar-refractivity contribution is 7.93. The van der Waals surface area contributed by atoms with Crippen LogP contribution in [-0.4, -0.2) is 44.9 Å². The summed E-state index contributed by atoms with van der Waals surface area (Å²) < 4.78 is 93.6. The standard InChI is InChI=1S/C25H21ClF4N2O5S/c1-15(23-18(26)3-2-4-19(23)27)11-16-5-6-21-20(12-16)32(7-9-36-21)38(34,35)22-13-17(25(28,29)30)14-31-24(22)37-10-8-33/h2-6,11-14,33H,7-10H2,1H3/b15-11+. The normalized spacial score (nSPS) is 14.2. The Bertz CT molecular complexity index is 1480. The van der Waals surface area contributed by atoms with Crippen LogP contribution in [0.1, 0.15) is 23.6 Å². The summed E-state index contributed by atoms with van der Waals surface area (Å²) in [6.07, 6.45) is -2.82. The Labute approximate surface area is 220 Å². The third kappa shape index (κ3) is 5.57. The lowest BCUT2D eigenvalue weighted by atomic mass is 10.0. The molecule has 38 heavy (non-hydrogen) atoms. The van der Waals surface area contributed by atoms with Crippen LogP contribution in [0.25, 0.3) is 11.6 Å². The number of sulfonamides is 1. The minimum Gasteiger partial charge on any atom is -0.489 e. The van der Waals surface area contributed by atoms with E-state index in [1.165, 1.54) is 30.3 Å². The summed E-state index contributed by atoms with van der Waals surface area (Å²) in [7, 11) is -4.65. The van der Waals surface area contributed by atoms with Crippen molar-refractivity contribution in [3.05, 3.63) is 76.2 Å². The number of benzene rings is 2. The van der Waals surface area contributed by atoms with Crippen molar-refractivity contribution >= 4 is 39.0 Å². The molecule has 3 aromatic rings. The lowest BCUT2D eigenvalue weighted by molar-refractivity contribution is -0.138. The van der Waals surface area contributed by atoms with Crippen LogP contribution >= 0.6 is 11.6 Å². The molecule has 2 heterocycles. The van der Waals surface area contributed by atoms with Crippen molar-refractivity contribution < 1.29 is 40.6 Å². The maximum absolute atomic E-state index is 14.4. The van der Waals surface area contributed by atoms with E-state index < -0.39 is 45.0 Å². The van der Waals surface area contributed by atoms with E-state index in [2.05, 4.69) is 4.98 Å². The van der Waals surface area contributed by atoms with Crippen LogP contribution < -0.4 is 13.8 Å². The van der Waals surface area contributed by atoms with Gasteiger partial charge in [0.25, 0.3) is 10.0 Å². The molecule has 0 aliphatic carbocycles. The number of hydrogen-bond donors (Lipinski definition) is 1. The van der Waals surface area contributed by atoms with E-state index in [0.29, 0.717) is 23.4 Å². The van der Waals surface area contributed by atoms with Crippen LogP contribution in [0.4, 0.5) is 23.2 Å². The first kappa shape index (κ1) is 27.7. The number of nitrogens with zero attached hydrogens (tertiary/aromatic N) is 2. The summed E-state index contributed by atoms with van der Waals surface area (Å²) in [5.74, 6) is -0.943. The van der Waals surface area contributed by atoms with Crippen molar-refractivity contribution in [2.75, 3.05) is 30.7 Å². The molecule has 0 unspecified atom stereocenters. The minimum absolute atomic E-state index is 0.0583. The first-order chi connectivity index (χ1) is 17.9. The quantitative estimate of drug-likeness (QED) is 0.301. The van der Waals surface area contributed by atoms with Crippen LogP contribution in [0.2, 0.25) is 5.02 Å². The van der Waals surface area contributed by atoms with Gasteiger partial charge in [-0.2, -0.15) is 13.2 Å². The summed E-state index contributed by atoms with van der Waals surface area (Å²) in [6, 6.07) is 9.28. The first-order valence-electron chi connectivity index (χ1n) is 11.2. The molecule has 0 spiro atoms. The summed E-state index contributed by atoms with van der Waals surface area (Å²) in [5, 5.41) is 9.25. The molecule has 1 aliphatic rings. The lowest BCUT2D eigenvalue weighted by Gasteiger charge is -2.31. The van der Waals surface area contributed by atoms with Gasteiger partial charge in [0.1, 0.15) is 24.8 Å². The van der Waals surface area contributed by atoms with Gasteiger partial charge in [-0.15, -0.1) is 0 Å². The summed E-state index contributed by atoms with van der Waals surface area (Å²) >= 11 is 6.15. The van der Waals surface area contributed by atoms with Crippen molar-refractivity contribution in [2.24, 2.45) is 0 Å². The molecule has 0 radical (unpaired) electrons. The van der Waals surface area contributed by atoms with E-state index in [0.717, 1.165) is 4.31 Å². The number of ether oxygens (including phenoxy) is 2. The highest BCUT2D eigenvalue weighted by Gasteiger charge is 2.37. The SMILES string of the molecule is C/C(=C\c1ccc2c(c1)N(S(=O)(=O)c1cc(C(F)(F)F)cnc1OCCO)CCO2)c1c(F)cccc1Cl.